The predicted octanol–water partition coefficient (Wildman–Crippen LogP) is 4.79. The van der Waals surface area contributed by atoms with Crippen LogP contribution in [-0.4, -0.2) is 0 Å². The van der Waals surface area contributed by atoms with Gasteiger partial charge in [-0.2, -0.15) is 0 Å². The van der Waals surface area contributed by atoms with E-state index in [-0.39, 0.29) is 25.9 Å². The van der Waals surface area contributed by atoms with Crippen molar-refractivity contribution in [2.45, 2.75) is 6.61 Å². The average molecular weight is 411 g/mol. The van der Waals surface area contributed by atoms with E-state index in [2.05, 4.69) is 31.9 Å². The second-order valence-corrected chi connectivity index (χ2v) is 5.62. The molecule has 0 aliphatic heterocycles. The van der Waals surface area contributed by atoms with Crippen LogP contribution in [0.1, 0.15) is 5.56 Å². The first-order chi connectivity index (χ1) is 9.40. The Kier molecular flexibility index (Phi) is 4.59. The summed E-state index contributed by atoms with van der Waals surface area (Å²) >= 11 is 5.93. The van der Waals surface area contributed by atoms with E-state index in [0.29, 0.717) is 0 Å². The Morgan fingerprint density at radius 1 is 1.00 bits per heavy atom. The van der Waals surface area contributed by atoms with Crippen LogP contribution in [0.5, 0.6) is 5.75 Å². The first-order valence-electron chi connectivity index (χ1n) is 5.40. The van der Waals surface area contributed by atoms with Crippen molar-refractivity contribution in [2.75, 3.05) is 5.73 Å². The van der Waals surface area contributed by atoms with Crippen molar-refractivity contribution in [1.29, 1.82) is 0 Å². The van der Waals surface area contributed by atoms with Crippen molar-refractivity contribution in [2.24, 2.45) is 0 Å². The van der Waals surface area contributed by atoms with Crippen LogP contribution in [0.3, 0.4) is 0 Å². The lowest BCUT2D eigenvalue weighted by atomic mass is 10.2. The van der Waals surface area contributed by atoms with E-state index in [4.69, 9.17) is 10.5 Å². The van der Waals surface area contributed by atoms with Crippen LogP contribution in [0.2, 0.25) is 0 Å². The van der Waals surface area contributed by atoms with Gasteiger partial charge in [0.05, 0.1) is 20.2 Å². The Balaban J connectivity index is 2.26. The van der Waals surface area contributed by atoms with Crippen LogP contribution < -0.4 is 10.5 Å². The van der Waals surface area contributed by atoms with Gasteiger partial charge in [-0.15, -0.1) is 0 Å². The molecule has 0 atom stereocenters. The summed E-state index contributed by atoms with van der Waals surface area (Å²) in [6, 6.07) is 4.73. The molecule has 2 nitrogen and oxygen atoms in total. The number of hydrogen-bond acceptors (Lipinski definition) is 2. The summed E-state index contributed by atoms with van der Waals surface area (Å²) in [5.41, 5.74) is 5.54. The van der Waals surface area contributed by atoms with Crippen molar-refractivity contribution >= 4 is 37.5 Å². The number of rotatable bonds is 3. The van der Waals surface area contributed by atoms with Crippen molar-refractivity contribution in [3.05, 3.63) is 56.2 Å². The predicted molar refractivity (Wildman–Crippen MR) is 76.9 cm³/mol. The normalized spacial score (nSPS) is 10.7. The third-order valence-corrected chi connectivity index (χ3v) is 3.78. The lowest BCUT2D eigenvalue weighted by molar-refractivity contribution is 0.292. The smallest absolute Gasteiger partial charge is 0.146 e. The summed E-state index contributed by atoms with van der Waals surface area (Å²) in [6.45, 7) is -0.400. The highest BCUT2D eigenvalue weighted by molar-refractivity contribution is 9.10. The molecule has 0 saturated heterocycles. The maximum absolute atomic E-state index is 13.7. The van der Waals surface area contributed by atoms with Gasteiger partial charge in [-0.3, -0.25) is 0 Å². The molecule has 0 saturated carbocycles. The molecule has 2 aromatic carbocycles. The number of nitrogens with two attached hydrogens (primary N) is 1. The van der Waals surface area contributed by atoms with E-state index in [1.165, 1.54) is 12.1 Å². The van der Waals surface area contributed by atoms with Crippen molar-refractivity contribution in [3.8, 4) is 5.75 Å². The van der Waals surface area contributed by atoms with E-state index >= 15 is 0 Å². The molecule has 106 valence electrons. The molecule has 2 aromatic rings. The van der Waals surface area contributed by atoms with Crippen LogP contribution in [0.4, 0.5) is 18.9 Å². The van der Waals surface area contributed by atoms with Gasteiger partial charge >= 0.3 is 0 Å². The van der Waals surface area contributed by atoms with E-state index < -0.39 is 24.1 Å². The highest BCUT2D eigenvalue weighted by Gasteiger charge is 2.14. The van der Waals surface area contributed by atoms with Gasteiger partial charge in [0.1, 0.15) is 29.8 Å². The highest BCUT2D eigenvalue weighted by atomic mass is 79.9. The summed E-state index contributed by atoms with van der Waals surface area (Å²) in [4.78, 5) is 0. The van der Waals surface area contributed by atoms with Gasteiger partial charge < -0.3 is 10.5 Å². The van der Waals surface area contributed by atoms with Gasteiger partial charge in [-0.1, -0.05) is 0 Å². The molecule has 0 aliphatic carbocycles. The fourth-order valence-corrected chi connectivity index (χ4v) is 2.25. The molecule has 0 amide bonds. The molecule has 20 heavy (non-hydrogen) atoms. The summed E-state index contributed by atoms with van der Waals surface area (Å²) in [6.07, 6.45) is 0. The summed E-state index contributed by atoms with van der Waals surface area (Å²) in [7, 11) is 0. The molecule has 0 aromatic heterocycles. The van der Waals surface area contributed by atoms with Crippen molar-refractivity contribution < 1.29 is 17.9 Å². The number of ether oxygens (including phenoxy) is 1. The van der Waals surface area contributed by atoms with Crippen molar-refractivity contribution in [1.82, 2.24) is 0 Å². The van der Waals surface area contributed by atoms with Crippen LogP contribution in [-0.2, 0) is 6.61 Å². The Morgan fingerprint density at radius 2 is 1.70 bits per heavy atom. The molecule has 0 unspecified atom stereocenters. The number of hydrogen-bond donors (Lipinski definition) is 1. The molecule has 0 radical (unpaired) electrons. The summed E-state index contributed by atoms with van der Waals surface area (Å²) < 4.78 is 46.1. The minimum absolute atomic E-state index is 0.0180. The second kappa shape index (κ2) is 6.05. The number of benzene rings is 2. The van der Waals surface area contributed by atoms with Crippen LogP contribution in [0.15, 0.2) is 33.2 Å². The maximum atomic E-state index is 13.7. The van der Waals surface area contributed by atoms with Gasteiger partial charge in [-0.05, 0) is 50.1 Å². The Bertz CT molecular complexity index is 665. The van der Waals surface area contributed by atoms with Gasteiger partial charge in [0, 0.05) is 6.07 Å². The molecule has 7 heteroatoms. The SMILES string of the molecule is Nc1cc(Br)c(F)cc1OCc1c(F)ccc(Br)c1F. The molecule has 2 rings (SSSR count). The summed E-state index contributed by atoms with van der Waals surface area (Å²) in [5.74, 6) is -2.07. The van der Waals surface area contributed by atoms with Gasteiger partial charge in [0.2, 0.25) is 0 Å². The molecule has 0 heterocycles. The second-order valence-electron chi connectivity index (χ2n) is 3.91. The minimum atomic E-state index is -0.763. The van der Waals surface area contributed by atoms with E-state index in [9.17, 15) is 13.2 Å². The Labute approximate surface area is 130 Å². The first kappa shape index (κ1) is 15.2. The third-order valence-electron chi connectivity index (χ3n) is 2.56. The zero-order chi connectivity index (χ0) is 14.9. The fraction of sp³-hybridized carbons (Fsp3) is 0.0769. The van der Waals surface area contributed by atoms with Crippen LogP contribution >= 0.6 is 31.9 Å². The summed E-state index contributed by atoms with van der Waals surface area (Å²) in [5, 5.41) is 0. The van der Waals surface area contributed by atoms with E-state index in [0.717, 1.165) is 12.1 Å². The quantitative estimate of drug-likeness (QED) is 0.583. The zero-order valence-corrected chi connectivity index (χ0v) is 13.1. The topological polar surface area (TPSA) is 35.2 Å². The fourth-order valence-electron chi connectivity index (χ4n) is 1.52. The molecule has 0 bridgehead atoms. The van der Waals surface area contributed by atoms with Gasteiger partial charge in [0.15, 0.2) is 0 Å². The van der Waals surface area contributed by atoms with Gasteiger partial charge in [-0.25, -0.2) is 13.2 Å². The van der Waals surface area contributed by atoms with Crippen LogP contribution in [0, 0.1) is 17.5 Å². The lowest BCUT2D eigenvalue weighted by Crippen LogP contribution is -2.04. The molecule has 0 aliphatic rings. The maximum Gasteiger partial charge on any atom is 0.146 e. The lowest BCUT2D eigenvalue weighted by Gasteiger charge is -2.11. The Morgan fingerprint density at radius 3 is 2.40 bits per heavy atom. The Hall–Kier alpha value is -1.21. The van der Waals surface area contributed by atoms with E-state index in [1.807, 2.05) is 0 Å². The first-order valence-corrected chi connectivity index (χ1v) is 6.98. The minimum Gasteiger partial charge on any atom is -0.486 e. The molecular formula is C13H8Br2F3NO. The molecule has 2 N–H and O–H groups in total. The third kappa shape index (κ3) is 3.09. The molecule has 0 fully saturated rings. The molecular weight excluding hydrogens is 403 g/mol. The monoisotopic (exact) mass is 409 g/mol. The highest BCUT2D eigenvalue weighted by Crippen LogP contribution is 2.30. The van der Waals surface area contributed by atoms with E-state index in [1.54, 1.807) is 0 Å². The van der Waals surface area contributed by atoms with Gasteiger partial charge in [0.25, 0.3) is 0 Å². The zero-order valence-electron chi connectivity index (χ0n) is 9.89. The number of anilines is 1. The average Bonchev–Trinajstić information content (AvgIpc) is 2.40. The van der Waals surface area contributed by atoms with Crippen LogP contribution in [0.25, 0.3) is 0 Å². The number of nitrogen functional groups attached to an aromatic ring is 1. The number of halogens is 5. The van der Waals surface area contributed by atoms with Crippen molar-refractivity contribution in [3.63, 3.8) is 0 Å². The standard InChI is InChI=1S/C13H8Br2F3NO/c14-7-1-2-9(16)6(13(7)18)5-20-12-4-10(17)8(15)3-11(12)19/h1-4H,5,19H2. The molecule has 0 spiro atoms. The largest absolute Gasteiger partial charge is 0.486 e.